The Labute approximate surface area is 162 Å². The molecule has 88 valence electrons. The Hall–Kier alpha value is 3.27. The summed E-state index contributed by atoms with van der Waals surface area (Å²) in [6.45, 7) is 0. The first kappa shape index (κ1) is 27.6. The monoisotopic (exact) mass is 352 g/mol. The molecule has 0 spiro atoms. The third kappa shape index (κ3) is 53.2. The van der Waals surface area contributed by atoms with Crippen LogP contribution < -0.4 is 66.1 Å². The van der Waals surface area contributed by atoms with E-state index in [2.05, 4.69) is 4.31 Å². The summed E-state index contributed by atoms with van der Waals surface area (Å²) in [5.41, 5.74) is 0. The van der Waals surface area contributed by atoms with Crippen molar-refractivity contribution in [2.75, 3.05) is 0 Å². The Balaban J connectivity index is -0.0000000904. The zero-order chi connectivity index (χ0) is 12.2. The van der Waals surface area contributed by atoms with Crippen molar-refractivity contribution < 1.29 is 104 Å². The summed E-state index contributed by atoms with van der Waals surface area (Å²) in [4.78, 5) is 57.1. The summed E-state index contributed by atoms with van der Waals surface area (Å²) < 4.78 is 30.5. The van der Waals surface area contributed by atoms with Crippen LogP contribution >= 0.6 is 23.5 Å². The summed E-state index contributed by atoms with van der Waals surface area (Å²) in [6.07, 6.45) is 0. The number of rotatable bonds is 2. The topological polar surface area (TPSA) is 211 Å². The van der Waals surface area contributed by atoms with Gasteiger partial charge in [-0.05, 0) is 0 Å². The van der Waals surface area contributed by atoms with Crippen LogP contribution in [0.1, 0.15) is 0 Å². The molecular weight excluding hydrogens is 348 g/mol. The molecule has 16 heavy (non-hydrogen) atoms. The van der Waals surface area contributed by atoms with Gasteiger partial charge in [0.25, 0.3) is 7.82 Å². The van der Waals surface area contributed by atoms with Gasteiger partial charge in [0.2, 0.25) is 0 Å². The number of phosphoric acid groups is 3. The van der Waals surface area contributed by atoms with Crippen LogP contribution in [0.4, 0.5) is 0 Å². The van der Waals surface area contributed by atoms with Crippen LogP contribution in [0.3, 0.4) is 0 Å². The van der Waals surface area contributed by atoms with Crippen LogP contribution in [0.25, 0.3) is 0 Å². The summed E-state index contributed by atoms with van der Waals surface area (Å²) in [5.74, 6) is 0. The minimum Gasteiger partial charge on any atom is -0.789 e. The molecule has 0 aromatic carbocycles. The molecule has 4 N–H and O–H groups in total. The second-order valence-corrected chi connectivity index (χ2v) is 5.02. The van der Waals surface area contributed by atoms with E-state index >= 15 is 0 Å². The number of hydrogen-bond acceptors (Lipinski definition) is 7. The molecule has 0 amide bonds. The predicted octanol–water partition coefficient (Wildman–Crippen LogP) is -7.01. The van der Waals surface area contributed by atoms with E-state index in [4.69, 9.17) is 29.0 Å². The van der Waals surface area contributed by atoms with Gasteiger partial charge >= 0.3 is 96.9 Å². The Kier molecular flexibility index (Phi) is 18.9. The molecule has 0 aliphatic rings. The van der Waals surface area contributed by atoms with Crippen molar-refractivity contribution in [2.24, 2.45) is 0 Å². The largest absolute Gasteiger partial charge is 2.00 e. The van der Waals surface area contributed by atoms with Gasteiger partial charge in [0.05, 0.1) is 7.82 Å². The van der Waals surface area contributed by atoms with Gasteiger partial charge in [0.1, 0.15) is 0 Å². The molecule has 0 aliphatic heterocycles. The quantitative estimate of drug-likeness (QED) is 0.271. The second-order valence-electron chi connectivity index (χ2n) is 1.51. The molecule has 0 rings (SSSR count). The molecule has 0 saturated heterocycles. The molecule has 0 radical (unpaired) electrons. The van der Waals surface area contributed by atoms with Crippen molar-refractivity contribution in [1.82, 2.24) is 0 Å². The molecule has 0 aromatic rings. The maximum absolute atomic E-state index is 9.55. The maximum Gasteiger partial charge on any atom is 2.00 e. The van der Waals surface area contributed by atoms with Crippen molar-refractivity contribution in [3.05, 3.63) is 0 Å². The van der Waals surface area contributed by atoms with Gasteiger partial charge in [-0.2, -0.15) is 0 Å². The maximum atomic E-state index is 9.55. The molecule has 0 unspecified atom stereocenters. The van der Waals surface area contributed by atoms with Crippen molar-refractivity contribution in [2.45, 2.75) is 0 Å². The molecule has 0 aliphatic carbocycles. The minimum absolute atomic E-state index is 0. The fraction of sp³-hybridized carbons (Fsp3) is 0. The Morgan fingerprint density at radius 1 is 0.875 bits per heavy atom. The van der Waals surface area contributed by atoms with Gasteiger partial charge in [0.15, 0.2) is 0 Å². The van der Waals surface area contributed by atoms with Crippen molar-refractivity contribution in [1.29, 1.82) is 0 Å². The molecule has 0 aromatic heterocycles. The van der Waals surface area contributed by atoms with Gasteiger partial charge in [-0.15, -0.1) is 0 Å². The fourth-order valence-corrected chi connectivity index (χ4v) is 1.17. The van der Waals surface area contributed by atoms with Gasteiger partial charge in [0, 0.05) is 0 Å². The third-order valence-electron chi connectivity index (χ3n) is 0.206. The first-order valence-electron chi connectivity index (χ1n) is 2.26. The molecule has 16 heteroatoms. The van der Waals surface area contributed by atoms with E-state index in [-0.39, 0.29) is 89.1 Å². The van der Waals surface area contributed by atoms with Gasteiger partial charge in [-0.25, -0.2) is 4.57 Å². The standard InChI is InChI=1S/Ca.K.H4O7P2.H3O4P/c;;1-8(2,3)7-9(4,5)6;1-5(2,3)4/h;;(H2,1,2,3)(H2,4,5,6);(H3,1,2,3,4)/q+2;+1;;/p-3. The van der Waals surface area contributed by atoms with Crippen molar-refractivity contribution in [3.63, 3.8) is 0 Å². The molecular formula is H4CaKO11P3. The van der Waals surface area contributed by atoms with Crippen LogP contribution in [-0.2, 0) is 18.0 Å². The van der Waals surface area contributed by atoms with E-state index in [1.54, 1.807) is 0 Å². The van der Waals surface area contributed by atoms with Crippen LogP contribution in [-0.4, -0.2) is 57.3 Å². The van der Waals surface area contributed by atoms with E-state index in [0.717, 1.165) is 0 Å². The first-order valence-corrected chi connectivity index (χ1v) is 6.78. The van der Waals surface area contributed by atoms with Gasteiger partial charge in [-0.1, -0.05) is 0 Å². The molecule has 11 nitrogen and oxygen atoms in total. The van der Waals surface area contributed by atoms with Crippen molar-refractivity contribution >= 4 is 61.2 Å². The zero-order valence-electron chi connectivity index (χ0n) is 7.70. The Morgan fingerprint density at radius 2 is 1.06 bits per heavy atom. The smallest absolute Gasteiger partial charge is 0.789 e. The minimum atomic E-state index is -5.55. The molecule has 0 saturated carbocycles. The normalized spacial score (nSPS) is 11.4. The molecule has 0 bridgehead atoms. The Morgan fingerprint density at radius 3 is 1.06 bits per heavy atom. The second kappa shape index (κ2) is 11.0. The molecule has 0 fully saturated rings. The zero-order valence-corrected chi connectivity index (χ0v) is 15.7. The molecule has 0 heterocycles. The van der Waals surface area contributed by atoms with E-state index in [9.17, 15) is 18.9 Å². The molecule has 0 atom stereocenters. The summed E-state index contributed by atoms with van der Waals surface area (Å²) in [7, 11) is -15.6. The summed E-state index contributed by atoms with van der Waals surface area (Å²) in [6, 6.07) is 0. The van der Waals surface area contributed by atoms with Crippen LogP contribution in [0.15, 0.2) is 0 Å². The van der Waals surface area contributed by atoms with Crippen LogP contribution in [0, 0.1) is 0 Å². The van der Waals surface area contributed by atoms with E-state index < -0.39 is 23.5 Å². The Bertz CT molecular complexity index is 264. The SMILES string of the molecule is O=P([O-])(O)O.O=P([O-])([O-])OP(=O)(O)O.[Ca+2].[K+]. The summed E-state index contributed by atoms with van der Waals surface area (Å²) in [5, 5.41) is 0. The van der Waals surface area contributed by atoms with Crippen LogP contribution in [0.2, 0.25) is 0 Å². The van der Waals surface area contributed by atoms with E-state index in [1.165, 1.54) is 0 Å². The number of hydrogen-bond donors (Lipinski definition) is 4. The predicted molar refractivity (Wildman–Crippen MR) is 38.5 cm³/mol. The van der Waals surface area contributed by atoms with Crippen LogP contribution in [0.5, 0.6) is 0 Å². The van der Waals surface area contributed by atoms with Gasteiger partial charge in [-0.3, -0.25) is 8.88 Å². The third-order valence-corrected chi connectivity index (χ3v) is 1.86. The van der Waals surface area contributed by atoms with E-state index in [0.29, 0.717) is 0 Å². The van der Waals surface area contributed by atoms with Gasteiger partial charge < -0.3 is 38.8 Å². The average Bonchev–Trinajstić information content (AvgIpc) is 1.42. The fourth-order valence-electron chi connectivity index (χ4n) is 0.130. The van der Waals surface area contributed by atoms with Crippen molar-refractivity contribution in [3.8, 4) is 0 Å². The average molecular weight is 352 g/mol. The van der Waals surface area contributed by atoms with E-state index in [1.807, 2.05) is 0 Å². The summed E-state index contributed by atoms with van der Waals surface area (Å²) >= 11 is 0. The first-order chi connectivity index (χ1) is 5.71.